The molecule has 1 heterocycles. The summed E-state index contributed by atoms with van der Waals surface area (Å²) < 4.78 is 1.03. The van der Waals surface area contributed by atoms with E-state index in [1.807, 2.05) is 12.1 Å². The average molecular weight is 270 g/mol. The molecule has 0 aromatic heterocycles. The van der Waals surface area contributed by atoms with Crippen molar-refractivity contribution in [3.63, 3.8) is 0 Å². The Morgan fingerprint density at radius 3 is 3.07 bits per heavy atom. The normalized spacial score (nSPS) is 20.7. The summed E-state index contributed by atoms with van der Waals surface area (Å²) in [6.45, 7) is 3.04. The fraction of sp³-hybridized carbons (Fsp3) is 0.455. The van der Waals surface area contributed by atoms with E-state index < -0.39 is 0 Å². The third-order valence-corrected chi connectivity index (χ3v) is 3.24. The van der Waals surface area contributed by atoms with Crippen LogP contribution in [0.3, 0.4) is 0 Å². The van der Waals surface area contributed by atoms with Gasteiger partial charge in [0.1, 0.15) is 0 Å². The van der Waals surface area contributed by atoms with Crippen molar-refractivity contribution in [1.29, 1.82) is 0 Å². The summed E-state index contributed by atoms with van der Waals surface area (Å²) in [7, 11) is 0. The van der Waals surface area contributed by atoms with Crippen LogP contribution in [0.15, 0.2) is 22.7 Å². The summed E-state index contributed by atoms with van der Waals surface area (Å²) in [4.78, 5) is 0. The maximum Gasteiger partial charge on any atom is 0.0370 e. The quantitative estimate of drug-likeness (QED) is 0.729. The van der Waals surface area contributed by atoms with Crippen LogP contribution in [-0.4, -0.2) is 19.1 Å². The molecule has 3 nitrogen and oxygen atoms in total. The van der Waals surface area contributed by atoms with Crippen LogP contribution in [0.5, 0.6) is 0 Å². The van der Waals surface area contributed by atoms with Crippen LogP contribution < -0.4 is 16.4 Å². The molecular formula is C11H16BrN3. The monoisotopic (exact) mass is 269 g/mol. The van der Waals surface area contributed by atoms with Crippen molar-refractivity contribution in [2.45, 2.75) is 19.0 Å². The lowest BCUT2D eigenvalue weighted by molar-refractivity contribution is 0.548. The first-order valence-electron chi connectivity index (χ1n) is 5.24. The smallest absolute Gasteiger partial charge is 0.0370 e. The minimum absolute atomic E-state index is 0.591. The highest BCUT2D eigenvalue weighted by molar-refractivity contribution is 9.10. The van der Waals surface area contributed by atoms with Gasteiger partial charge in [-0.2, -0.15) is 0 Å². The second kappa shape index (κ2) is 4.96. The van der Waals surface area contributed by atoms with Gasteiger partial charge < -0.3 is 16.4 Å². The average Bonchev–Trinajstić information content (AvgIpc) is 2.69. The Labute approximate surface area is 98.6 Å². The SMILES string of the molecule is Nc1cc(Br)ccc1CN[C@@H]1CCNC1. The van der Waals surface area contributed by atoms with E-state index in [9.17, 15) is 0 Å². The molecule has 1 aliphatic rings. The Morgan fingerprint density at radius 2 is 2.40 bits per heavy atom. The molecule has 1 aliphatic heterocycles. The van der Waals surface area contributed by atoms with Gasteiger partial charge in [-0.15, -0.1) is 0 Å². The Bertz CT molecular complexity index is 335. The maximum atomic E-state index is 5.92. The van der Waals surface area contributed by atoms with Crippen LogP contribution in [0, 0.1) is 0 Å². The Balaban J connectivity index is 1.92. The number of nitrogens with two attached hydrogens (primary N) is 1. The number of anilines is 1. The highest BCUT2D eigenvalue weighted by Gasteiger charge is 2.13. The predicted molar refractivity (Wildman–Crippen MR) is 66.7 cm³/mol. The summed E-state index contributed by atoms with van der Waals surface area (Å²) in [6.07, 6.45) is 1.20. The molecule has 4 heteroatoms. The fourth-order valence-electron chi connectivity index (χ4n) is 1.81. The van der Waals surface area contributed by atoms with E-state index in [-0.39, 0.29) is 0 Å². The highest BCUT2D eigenvalue weighted by Crippen LogP contribution is 2.18. The molecule has 0 unspecified atom stereocenters. The van der Waals surface area contributed by atoms with E-state index in [2.05, 4.69) is 32.6 Å². The number of nitrogens with one attached hydrogen (secondary N) is 2. The van der Waals surface area contributed by atoms with Crippen LogP contribution in [0.25, 0.3) is 0 Å². The van der Waals surface area contributed by atoms with E-state index in [4.69, 9.17) is 5.73 Å². The molecule has 1 saturated heterocycles. The summed E-state index contributed by atoms with van der Waals surface area (Å²) >= 11 is 3.40. The number of hydrogen-bond acceptors (Lipinski definition) is 3. The van der Waals surface area contributed by atoms with Crippen molar-refractivity contribution in [3.8, 4) is 0 Å². The van der Waals surface area contributed by atoms with Gasteiger partial charge in [-0.05, 0) is 30.7 Å². The van der Waals surface area contributed by atoms with Gasteiger partial charge in [0.25, 0.3) is 0 Å². The lowest BCUT2D eigenvalue weighted by Gasteiger charge is -2.12. The van der Waals surface area contributed by atoms with Gasteiger partial charge in [-0.1, -0.05) is 22.0 Å². The molecule has 0 saturated carbocycles. The predicted octanol–water partition coefficient (Wildman–Crippen LogP) is 1.48. The molecule has 82 valence electrons. The van der Waals surface area contributed by atoms with E-state index in [0.29, 0.717) is 6.04 Å². The molecule has 0 amide bonds. The summed E-state index contributed by atoms with van der Waals surface area (Å²) in [5, 5.41) is 6.83. The first-order valence-corrected chi connectivity index (χ1v) is 6.03. The van der Waals surface area contributed by atoms with Crippen LogP contribution in [0.1, 0.15) is 12.0 Å². The van der Waals surface area contributed by atoms with E-state index >= 15 is 0 Å². The maximum absolute atomic E-state index is 5.92. The second-order valence-electron chi connectivity index (χ2n) is 3.91. The molecule has 1 fully saturated rings. The zero-order valence-electron chi connectivity index (χ0n) is 8.59. The largest absolute Gasteiger partial charge is 0.398 e. The number of benzene rings is 1. The zero-order valence-corrected chi connectivity index (χ0v) is 10.2. The lowest BCUT2D eigenvalue weighted by atomic mass is 10.1. The van der Waals surface area contributed by atoms with Crippen molar-refractivity contribution in [3.05, 3.63) is 28.2 Å². The van der Waals surface area contributed by atoms with Gasteiger partial charge in [-0.25, -0.2) is 0 Å². The standard InChI is InChI=1S/C11H16BrN3/c12-9-2-1-8(11(13)5-9)6-15-10-3-4-14-7-10/h1-2,5,10,14-15H,3-4,6-7,13H2/t10-/m1/s1. The summed E-state index contributed by atoms with van der Waals surface area (Å²) in [5.74, 6) is 0. The molecule has 0 radical (unpaired) electrons. The van der Waals surface area contributed by atoms with Crippen LogP contribution in [0.2, 0.25) is 0 Å². The number of rotatable bonds is 3. The Morgan fingerprint density at radius 1 is 1.53 bits per heavy atom. The molecule has 15 heavy (non-hydrogen) atoms. The summed E-state index contributed by atoms with van der Waals surface area (Å²) in [6, 6.07) is 6.63. The van der Waals surface area contributed by atoms with Gasteiger partial charge in [0.05, 0.1) is 0 Å². The van der Waals surface area contributed by atoms with Gasteiger partial charge in [0.2, 0.25) is 0 Å². The summed E-state index contributed by atoms with van der Waals surface area (Å²) in [5.41, 5.74) is 7.94. The number of nitrogen functional groups attached to an aromatic ring is 1. The minimum Gasteiger partial charge on any atom is -0.398 e. The van der Waals surface area contributed by atoms with Gasteiger partial charge >= 0.3 is 0 Å². The Hall–Kier alpha value is -0.580. The van der Waals surface area contributed by atoms with Crippen molar-refractivity contribution in [2.24, 2.45) is 0 Å². The van der Waals surface area contributed by atoms with Crippen molar-refractivity contribution in [1.82, 2.24) is 10.6 Å². The fourth-order valence-corrected chi connectivity index (χ4v) is 2.19. The Kier molecular flexibility index (Phi) is 3.61. The van der Waals surface area contributed by atoms with Crippen LogP contribution in [-0.2, 0) is 6.54 Å². The molecule has 0 spiro atoms. The third-order valence-electron chi connectivity index (χ3n) is 2.75. The van der Waals surface area contributed by atoms with Gasteiger partial charge in [0.15, 0.2) is 0 Å². The van der Waals surface area contributed by atoms with Gasteiger partial charge in [-0.3, -0.25) is 0 Å². The van der Waals surface area contributed by atoms with Crippen LogP contribution in [0.4, 0.5) is 5.69 Å². The minimum atomic E-state index is 0.591. The lowest BCUT2D eigenvalue weighted by Crippen LogP contribution is -2.30. The zero-order chi connectivity index (χ0) is 10.7. The molecule has 1 aromatic carbocycles. The van der Waals surface area contributed by atoms with Gasteiger partial charge in [0, 0.05) is 29.3 Å². The van der Waals surface area contributed by atoms with E-state index in [0.717, 1.165) is 29.8 Å². The third kappa shape index (κ3) is 2.93. The van der Waals surface area contributed by atoms with E-state index in [1.54, 1.807) is 0 Å². The topological polar surface area (TPSA) is 50.1 Å². The first kappa shape index (κ1) is 10.9. The molecule has 0 bridgehead atoms. The molecule has 1 aromatic rings. The van der Waals surface area contributed by atoms with Crippen molar-refractivity contribution >= 4 is 21.6 Å². The second-order valence-corrected chi connectivity index (χ2v) is 4.83. The molecular weight excluding hydrogens is 254 g/mol. The van der Waals surface area contributed by atoms with Crippen molar-refractivity contribution in [2.75, 3.05) is 18.8 Å². The number of halogens is 1. The van der Waals surface area contributed by atoms with E-state index in [1.165, 1.54) is 12.0 Å². The first-order chi connectivity index (χ1) is 7.25. The highest BCUT2D eigenvalue weighted by atomic mass is 79.9. The van der Waals surface area contributed by atoms with Crippen molar-refractivity contribution < 1.29 is 0 Å². The number of hydrogen-bond donors (Lipinski definition) is 3. The molecule has 1 atom stereocenters. The molecule has 2 rings (SSSR count). The van der Waals surface area contributed by atoms with Crippen LogP contribution >= 0.6 is 15.9 Å². The molecule has 0 aliphatic carbocycles. The molecule has 4 N–H and O–H groups in total.